The number of hydrogen-bond acceptors (Lipinski definition) is 8. The van der Waals surface area contributed by atoms with Crippen LogP contribution in [0, 0.1) is 0 Å². The molecule has 142 valence electrons. The van der Waals surface area contributed by atoms with Crippen molar-refractivity contribution in [2.45, 2.75) is 19.0 Å². The van der Waals surface area contributed by atoms with Crippen LogP contribution in [-0.4, -0.2) is 49.2 Å². The van der Waals surface area contributed by atoms with Gasteiger partial charge in [-0.2, -0.15) is 19.5 Å². The number of nitrogens with zero attached hydrogens (tertiary/aromatic N) is 5. The molecule has 0 saturated carbocycles. The quantitative estimate of drug-likeness (QED) is 0.416. The lowest BCUT2D eigenvalue weighted by Gasteiger charge is -2.06. The number of aromatic nitrogens is 5. The van der Waals surface area contributed by atoms with Crippen LogP contribution >= 0.6 is 35.0 Å². The maximum absolute atomic E-state index is 12.4. The Kier molecular flexibility index (Phi) is 6.35. The molecule has 0 amide bonds. The average Bonchev–Trinajstić information content (AvgIpc) is 3.03. The van der Waals surface area contributed by atoms with Crippen LogP contribution < -0.4 is 10.6 Å². The molecule has 27 heavy (non-hydrogen) atoms. The van der Waals surface area contributed by atoms with Crippen molar-refractivity contribution in [1.29, 1.82) is 0 Å². The van der Waals surface area contributed by atoms with E-state index in [0.717, 1.165) is 0 Å². The number of carbonyl (C=O) groups excluding carboxylic acids is 1. The minimum atomic E-state index is -0.133. The molecule has 0 aliphatic carbocycles. The second-order valence-electron chi connectivity index (χ2n) is 5.37. The Labute approximate surface area is 170 Å². The van der Waals surface area contributed by atoms with E-state index in [9.17, 15) is 4.79 Å². The van der Waals surface area contributed by atoms with Crippen molar-refractivity contribution in [2.75, 3.05) is 29.5 Å². The summed E-state index contributed by atoms with van der Waals surface area (Å²) in [7, 11) is 0. The van der Waals surface area contributed by atoms with Crippen LogP contribution in [0.2, 0.25) is 10.0 Å². The van der Waals surface area contributed by atoms with Crippen molar-refractivity contribution < 1.29 is 4.79 Å². The van der Waals surface area contributed by atoms with Gasteiger partial charge in [0.1, 0.15) is 0 Å². The fourth-order valence-electron chi connectivity index (χ4n) is 2.26. The predicted molar refractivity (Wildman–Crippen MR) is 108 cm³/mol. The number of carbonyl (C=O) groups is 1. The van der Waals surface area contributed by atoms with Gasteiger partial charge in [-0.05, 0) is 32.0 Å². The van der Waals surface area contributed by atoms with E-state index in [-0.39, 0.29) is 11.5 Å². The summed E-state index contributed by atoms with van der Waals surface area (Å²) in [5, 5.41) is 11.8. The van der Waals surface area contributed by atoms with E-state index in [1.54, 1.807) is 18.2 Å². The fourth-order valence-corrected chi connectivity index (χ4v) is 3.48. The Morgan fingerprint density at radius 1 is 1.15 bits per heavy atom. The van der Waals surface area contributed by atoms with Gasteiger partial charge in [0.2, 0.25) is 17.1 Å². The number of rotatable bonds is 8. The number of hydrogen-bond donors (Lipinski definition) is 2. The Bertz CT molecular complexity index is 979. The van der Waals surface area contributed by atoms with Gasteiger partial charge in [-0.15, -0.1) is 5.10 Å². The van der Waals surface area contributed by atoms with Crippen LogP contribution in [-0.2, 0) is 0 Å². The van der Waals surface area contributed by atoms with Crippen molar-refractivity contribution >= 4 is 58.4 Å². The van der Waals surface area contributed by atoms with Gasteiger partial charge < -0.3 is 10.6 Å². The summed E-state index contributed by atoms with van der Waals surface area (Å²) in [6.07, 6.45) is 0. The molecule has 0 aliphatic rings. The number of fused-ring (bicyclic) bond motifs is 1. The molecule has 0 fully saturated rings. The number of halogens is 2. The highest BCUT2D eigenvalue weighted by atomic mass is 35.5. The van der Waals surface area contributed by atoms with Crippen LogP contribution in [0.5, 0.6) is 0 Å². The van der Waals surface area contributed by atoms with Crippen LogP contribution in [0.3, 0.4) is 0 Å². The van der Waals surface area contributed by atoms with E-state index in [1.807, 2.05) is 13.8 Å². The lowest BCUT2D eigenvalue weighted by molar-refractivity contribution is 0.102. The zero-order chi connectivity index (χ0) is 19.4. The normalized spacial score (nSPS) is 11.0. The maximum atomic E-state index is 12.4. The molecule has 1 aromatic carbocycles. The molecule has 0 aliphatic heterocycles. The second-order valence-corrected chi connectivity index (χ2v) is 7.16. The number of Topliss-reactive ketones (excluding diaryl/α,β-unsaturated/α-hetero) is 1. The van der Waals surface area contributed by atoms with Crippen molar-refractivity contribution in [3.8, 4) is 0 Å². The highest BCUT2D eigenvalue weighted by Crippen LogP contribution is 2.24. The second kappa shape index (κ2) is 8.73. The van der Waals surface area contributed by atoms with E-state index >= 15 is 0 Å². The Balaban J connectivity index is 1.80. The SMILES string of the molecule is CCNc1nc(NCC)n2nc(SCC(=O)c3ccc(Cl)cc3Cl)nc2n1. The van der Waals surface area contributed by atoms with Gasteiger partial charge in [0.25, 0.3) is 5.78 Å². The van der Waals surface area contributed by atoms with Crippen molar-refractivity contribution in [2.24, 2.45) is 0 Å². The van der Waals surface area contributed by atoms with Crippen molar-refractivity contribution in [1.82, 2.24) is 24.6 Å². The Morgan fingerprint density at radius 2 is 1.93 bits per heavy atom. The van der Waals surface area contributed by atoms with Crippen LogP contribution in [0.15, 0.2) is 23.4 Å². The lowest BCUT2D eigenvalue weighted by Crippen LogP contribution is -2.11. The summed E-state index contributed by atoms with van der Waals surface area (Å²) in [4.78, 5) is 25.5. The fraction of sp³-hybridized carbons (Fsp3) is 0.312. The molecule has 3 aromatic rings. The number of thioether (sulfide) groups is 1. The maximum Gasteiger partial charge on any atom is 0.259 e. The summed E-state index contributed by atoms with van der Waals surface area (Å²) < 4.78 is 1.52. The molecule has 0 atom stereocenters. The molecule has 0 unspecified atom stereocenters. The summed E-state index contributed by atoms with van der Waals surface area (Å²) in [6.45, 7) is 5.28. The molecule has 3 rings (SSSR count). The molecule has 0 spiro atoms. The van der Waals surface area contributed by atoms with E-state index in [2.05, 4.69) is 30.7 Å². The number of benzene rings is 1. The zero-order valence-corrected chi connectivity index (χ0v) is 17.0. The minimum Gasteiger partial charge on any atom is -0.354 e. The first-order valence-electron chi connectivity index (χ1n) is 8.25. The third-order valence-electron chi connectivity index (χ3n) is 3.42. The highest BCUT2D eigenvalue weighted by molar-refractivity contribution is 7.99. The molecule has 0 saturated heterocycles. The van der Waals surface area contributed by atoms with Gasteiger partial charge in [0.05, 0.1) is 10.8 Å². The molecular formula is C16H17Cl2N7OS. The van der Waals surface area contributed by atoms with E-state index in [0.29, 0.717) is 51.5 Å². The van der Waals surface area contributed by atoms with Gasteiger partial charge in [0.15, 0.2) is 5.78 Å². The molecule has 2 heterocycles. The van der Waals surface area contributed by atoms with Gasteiger partial charge in [-0.25, -0.2) is 0 Å². The molecule has 0 radical (unpaired) electrons. The molecule has 0 bridgehead atoms. The van der Waals surface area contributed by atoms with Gasteiger partial charge in [-0.3, -0.25) is 4.79 Å². The van der Waals surface area contributed by atoms with Crippen LogP contribution in [0.1, 0.15) is 24.2 Å². The van der Waals surface area contributed by atoms with E-state index in [4.69, 9.17) is 23.2 Å². The largest absolute Gasteiger partial charge is 0.354 e. The summed E-state index contributed by atoms with van der Waals surface area (Å²) in [5.74, 6) is 1.41. The summed E-state index contributed by atoms with van der Waals surface area (Å²) >= 11 is 13.2. The Hall–Kier alpha value is -2.10. The molecule has 11 heteroatoms. The van der Waals surface area contributed by atoms with E-state index < -0.39 is 0 Å². The average molecular weight is 426 g/mol. The zero-order valence-electron chi connectivity index (χ0n) is 14.7. The first kappa shape index (κ1) is 19.7. The first-order valence-corrected chi connectivity index (χ1v) is 9.99. The minimum absolute atomic E-state index is 0.133. The van der Waals surface area contributed by atoms with Crippen molar-refractivity contribution in [3.05, 3.63) is 33.8 Å². The third-order valence-corrected chi connectivity index (χ3v) is 4.81. The molecule has 2 aromatic heterocycles. The monoisotopic (exact) mass is 425 g/mol. The first-order chi connectivity index (χ1) is 13.0. The molecule has 8 nitrogen and oxygen atoms in total. The summed E-state index contributed by atoms with van der Waals surface area (Å²) in [5.41, 5.74) is 0.417. The predicted octanol–water partition coefficient (Wildman–Crippen LogP) is 3.66. The standard InChI is InChI=1S/C16H17Cl2N7OS/c1-3-19-13-21-14(20-4-2)25-15(22-13)23-16(24-25)27-8-12(26)10-6-5-9(17)7-11(10)18/h5-7H,3-4,8H2,1-2H3,(H2,19,20,21,22,23,24). The topological polar surface area (TPSA) is 97.1 Å². The molecular weight excluding hydrogens is 409 g/mol. The number of ketones is 1. The highest BCUT2D eigenvalue weighted by Gasteiger charge is 2.16. The Morgan fingerprint density at radius 3 is 2.63 bits per heavy atom. The number of anilines is 2. The van der Waals surface area contributed by atoms with Crippen LogP contribution in [0.25, 0.3) is 5.78 Å². The number of nitrogens with one attached hydrogen (secondary N) is 2. The molecule has 2 N–H and O–H groups in total. The van der Waals surface area contributed by atoms with Gasteiger partial charge >= 0.3 is 0 Å². The van der Waals surface area contributed by atoms with Gasteiger partial charge in [-0.1, -0.05) is 35.0 Å². The van der Waals surface area contributed by atoms with Gasteiger partial charge in [0, 0.05) is 23.7 Å². The lowest BCUT2D eigenvalue weighted by atomic mass is 10.1. The summed E-state index contributed by atoms with van der Waals surface area (Å²) in [6, 6.07) is 4.79. The third kappa shape index (κ3) is 4.60. The van der Waals surface area contributed by atoms with Crippen LogP contribution in [0.4, 0.5) is 11.9 Å². The van der Waals surface area contributed by atoms with E-state index in [1.165, 1.54) is 16.3 Å². The van der Waals surface area contributed by atoms with Crippen molar-refractivity contribution in [3.63, 3.8) is 0 Å². The smallest absolute Gasteiger partial charge is 0.259 e.